The Labute approximate surface area is 163 Å². The molecule has 0 radical (unpaired) electrons. The van der Waals surface area contributed by atoms with Crippen molar-refractivity contribution in [3.8, 4) is 0 Å². The molecule has 8 heteroatoms. The molecule has 142 valence electrons. The molecule has 1 atom stereocenters. The Kier molecular flexibility index (Phi) is 4.95. The van der Waals surface area contributed by atoms with E-state index >= 15 is 0 Å². The highest BCUT2D eigenvalue weighted by Gasteiger charge is 2.23. The summed E-state index contributed by atoms with van der Waals surface area (Å²) in [5.74, 6) is -0.297. The summed E-state index contributed by atoms with van der Waals surface area (Å²) in [6, 6.07) is 15.8. The van der Waals surface area contributed by atoms with Crippen LogP contribution in [-0.2, 0) is 4.79 Å². The number of hydrogen-bond donors (Lipinski definition) is 1. The molecule has 1 amide bonds. The summed E-state index contributed by atoms with van der Waals surface area (Å²) in [6.45, 7) is -1.08. The second-order valence-electron chi connectivity index (χ2n) is 6.16. The number of carbonyl (C=O) groups is 1. The van der Waals surface area contributed by atoms with Gasteiger partial charge in [0.05, 0.1) is 27.5 Å². The Balaban J connectivity index is 1.58. The van der Waals surface area contributed by atoms with E-state index in [0.29, 0.717) is 16.7 Å². The average Bonchev–Trinajstić information content (AvgIpc) is 3.06. The third-order valence-electron chi connectivity index (χ3n) is 4.31. The first kappa shape index (κ1) is 18.4. The minimum atomic E-state index is -2.74. The Morgan fingerprint density at radius 3 is 2.68 bits per heavy atom. The van der Waals surface area contributed by atoms with Gasteiger partial charge >= 0.3 is 6.55 Å². The fourth-order valence-electron chi connectivity index (χ4n) is 2.95. The molecular formula is C20H16F2N4OS. The fourth-order valence-corrected chi connectivity index (χ4v) is 3.88. The van der Waals surface area contributed by atoms with Gasteiger partial charge in [0.15, 0.2) is 5.16 Å². The van der Waals surface area contributed by atoms with Crippen LogP contribution in [-0.4, -0.2) is 25.7 Å². The van der Waals surface area contributed by atoms with Gasteiger partial charge in [0.2, 0.25) is 5.91 Å². The number of pyridine rings is 1. The lowest BCUT2D eigenvalue weighted by molar-refractivity contribution is -0.115. The second-order valence-corrected chi connectivity index (χ2v) is 7.46. The molecule has 0 spiro atoms. The van der Waals surface area contributed by atoms with Crippen molar-refractivity contribution >= 4 is 45.3 Å². The molecule has 2 heterocycles. The molecule has 0 bridgehead atoms. The highest BCUT2D eigenvalue weighted by molar-refractivity contribution is 8.00. The fraction of sp³-hybridized carbons (Fsp3) is 0.150. The standard InChI is InChI=1S/C20H16F2N4OS/c1-12(18(27)24-15-9-4-8-14-13(15)6-5-11-23-14)28-20-25-16-7-2-3-10-17(16)26(20)19(21)22/h2-12,19H,1H3,(H,24,27)/t12-/m0/s1. The predicted octanol–water partition coefficient (Wildman–Crippen LogP) is 5.10. The molecule has 5 nitrogen and oxygen atoms in total. The monoisotopic (exact) mass is 398 g/mol. The van der Waals surface area contributed by atoms with Crippen molar-refractivity contribution in [1.29, 1.82) is 0 Å². The summed E-state index contributed by atoms with van der Waals surface area (Å²) in [4.78, 5) is 21.2. The Bertz CT molecular complexity index is 1160. The van der Waals surface area contributed by atoms with E-state index in [1.54, 1.807) is 55.6 Å². The number of nitrogens with zero attached hydrogens (tertiary/aromatic N) is 3. The van der Waals surface area contributed by atoms with Gasteiger partial charge in [0, 0.05) is 11.6 Å². The number of hydrogen-bond acceptors (Lipinski definition) is 4. The van der Waals surface area contributed by atoms with Crippen LogP contribution < -0.4 is 5.32 Å². The van der Waals surface area contributed by atoms with Gasteiger partial charge < -0.3 is 5.32 Å². The third kappa shape index (κ3) is 3.43. The quantitative estimate of drug-likeness (QED) is 0.475. The van der Waals surface area contributed by atoms with Crippen LogP contribution in [0.5, 0.6) is 0 Å². The number of nitrogens with one attached hydrogen (secondary N) is 1. The number of halogens is 2. The number of alkyl halides is 2. The molecule has 28 heavy (non-hydrogen) atoms. The molecular weight excluding hydrogens is 382 g/mol. The average molecular weight is 398 g/mol. The van der Waals surface area contributed by atoms with E-state index in [1.165, 1.54) is 0 Å². The minimum Gasteiger partial charge on any atom is -0.324 e. The van der Waals surface area contributed by atoms with E-state index in [-0.39, 0.29) is 11.1 Å². The smallest absolute Gasteiger partial charge is 0.321 e. The topological polar surface area (TPSA) is 59.8 Å². The summed E-state index contributed by atoms with van der Waals surface area (Å²) in [5, 5.41) is 3.16. The zero-order valence-electron chi connectivity index (χ0n) is 14.8. The number of anilines is 1. The van der Waals surface area contributed by atoms with E-state index in [1.807, 2.05) is 12.1 Å². The van der Waals surface area contributed by atoms with Crippen molar-refractivity contribution < 1.29 is 13.6 Å². The van der Waals surface area contributed by atoms with Crippen LogP contribution in [0.4, 0.5) is 14.5 Å². The number of rotatable bonds is 5. The highest BCUT2D eigenvalue weighted by atomic mass is 32.2. The number of para-hydroxylation sites is 2. The number of imidazole rings is 1. The van der Waals surface area contributed by atoms with Crippen LogP contribution in [0.2, 0.25) is 0 Å². The SMILES string of the molecule is C[C@H](Sc1nc2ccccc2n1C(F)F)C(=O)Nc1cccc2ncccc12. The molecule has 4 aromatic rings. The summed E-state index contributed by atoms with van der Waals surface area (Å²) < 4.78 is 28.0. The summed E-state index contributed by atoms with van der Waals surface area (Å²) in [6.07, 6.45) is 1.68. The van der Waals surface area contributed by atoms with E-state index in [4.69, 9.17) is 0 Å². The summed E-state index contributed by atoms with van der Waals surface area (Å²) in [5.41, 5.74) is 2.20. The van der Waals surface area contributed by atoms with Crippen molar-refractivity contribution in [2.75, 3.05) is 5.32 Å². The van der Waals surface area contributed by atoms with Crippen LogP contribution in [0.1, 0.15) is 13.5 Å². The number of carbonyl (C=O) groups excluding carboxylic acids is 1. The second kappa shape index (κ2) is 7.55. The molecule has 1 N–H and O–H groups in total. The first-order valence-electron chi connectivity index (χ1n) is 8.61. The van der Waals surface area contributed by atoms with Crippen LogP contribution >= 0.6 is 11.8 Å². The van der Waals surface area contributed by atoms with Crippen LogP contribution in [0.3, 0.4) is 0 Å². The molecule has 0 aliphatic rings. The van der Waals surface area contributed by atoms with Gasteiger partial charge in [0.25, 0.3) is 0 Å². The molecule has 0 unspecified atom stereocenters. The zero-order valence-corrected chi connectivity index (χ0v) is 15.7. The predicted molar refractivity (Wildman–Crippen MR) is 107 cm³/mol. The minimum absolute atomic E-state index is 0.110. The number of amides is 1. The Hall–Kier alpha value is -3.00. The van der Waals surface area contributed by atoms with Gasteiger partial charge in [-0.3, -0.25) is 14.3 Å². The number of thioether (sulfide) groups is 1. The first-order chi connectivity index (χ1) is 13.5. The van der Waals surface area contributed by atoms with Crippen molar-refractivity contribution in [2.24, 2.45) is 0 Å². The van der Waals surface area contributed by atoms with E-state index < -0.39 is 11.8 Å². The number of benzene rings is 2. The van der Waals surface area contributed by atoms with Gasteiger partial charge in [-0.15, -0.1) is 0 Å². The lowest BCUT2D eigenvalue weighted by Crippen LogP contribution is -2.23. The molecule has 0 aliphatic carbocycles. The molecule has 0 saturated heterocycles. The number of fused-ring (bicyclic) bond motifs is 2. The maximum Gasteiger partial charge on any atom is 0.321 e. The van der Waals surface area contributed by atoms with Gasteiger partial charge in [-0.2, -0.15) is 8.78 Å². The van der Waals surface area contributed by atoms with Crippen LogP contribution in [0, 0.1) is 0 Å². The highest BCUT2D eigenvalue weighted by Crippen LogP contribution is 2.32. The lowest BCUT2D eigenvalue weighted by atomic mass is 10.2. The summed E-state index contributed by atoms with van der Waals surface area (Å²) in [7, 11) is 0. The lowest BCUT2D eigenvalue weighted by Gasteiger charge is -2.14. The zero-order chi connectivity index (χ0) is 19.7. The molecule has 4 rings (SSSR count). The first-order valence-corrected chi connectivity index (χ1v) is 9.49. The Morgan fingerprint density at radius 1 is 1.07 bits per heavy atom. The van der Waals surface area contributed by atoms with Crippen molar-refractivity contribution in [1.82, 2.24) is 14.5 Å². The van der Waals surface area contributed by atoms with Gasteiger partial charge in [-0.25, -0.2) is 4.98 Å². The van der Waals surface area contributed by atoms with Crippen molar-refractivity contribution in [2.45, 2.75) is 23.9 Å². The number of aromatic nitrogens is 3. The van der Waals surface area contributed by atoms with Gasteiger partial charge in [-0.05, 0) is 43.3 Å². The van der Waals surface area contributed by atoms with E-state index in [2.05, 4.69) is 15.3 Å². The van der Waals surface area contributed by atoms with E-state index in [0.717, 1.165) is 27.2 Å². The maximum absolute atomic E-state index is 13.6. The molecule has 0 aliphatic heterocycles. The van der Waals surface area contributed by atoms with Gasteiger partial charge in [0.1, 0.15) is 0 Å². The van der Waals surface area contributed by atoms with Gasteiger partial charge in [-0.1, -0.05) is 30.0 Å². The van der Waals surface area contributed by atoms with Crippen LogP contribution in [0.15, 0.2) is 66.0 Å². The maximum atomic E-state index is 13.6. The molecule has 2 aromatic carbocycles. The normalized spacial score (nSPS) is 12.6. The summed E-state index contributed by atoms with van der Waals surface area (Å²) >= 11 is 1.00. The molecule has 2 aromatic heterocycles. The largest absolute Gasteiger partial charge is 0.324 e. The van der Waals surface area contributed by atoms with Crippen molar-refractivity contribution in [3.05, 3.63) is 60.8 Å². The molecule has 0 fully saturated rings. The van der Waals surface area contributed by atoms with Crippen molar-refractivity contribution in [3.63, 3.8) is 0 Å². The molecule has 0 saturated carbocycles. The third-order valence-corrected chi connectivity index (χ3v) is 5.38. The van der Waals surface area contributed by atoms with E-state index in [9.17, 15) is 13.6 Å². The van der Waals surface area contributed by atoms with Crippen LogP contribution in [0.25, 0.3) is 21.9 Å². The Morgan fingerprint density at radius 2 is 1.86 bits per heavy atom.